The lowest BCUT2D eigenvalue weighted by molar-refractivity contribution is 0.0505. The van der Waals surface area contributed by atoms with Gasteiger partial charge in [-0.3, -0.25) is 0 Å². The van der Waals surface area contributed by atoms with Gasteiger partial charge in [-0.15, -0.1) is 0 Å². The molecule has 1 aromatic heterocycles. The molecule has 164 valence electrons. The number of ether oxygens (including phenoxy) is 2. The summed E-state index contributed by atoms with van der Waals surface area (Å²) in [4.78, 5) is 21.9. The molecule has 2 heterocycles. The van der Waals surface area contributed by atoms with Crippen LogP contribution >= 0.6 is 0 Å². The molecule has 0 aliphatic carbocycles. The Balaban J connectivity index is 1.66. The first-order valence-corrected chi connectivity index (χ1v) is 9.88. The van der Waals surface area contributed by atoms with Gasteiger partial charge in [0.2, 0.25) is 5.88 Å². The fourth-order valence-corrected chi connectivity index (χ4v) is 3.12. The maximum atomic E-state index is 14.2. The van der Waals surface area contributed by atoms with E-state index < -0.39 is 11.6 Å². The summed E-state index contributed by atoms with van der Waals surface area (Å²) in [6.45, 7) is 6.30. The van der Waals surface area contributed by atoms with Gasteiger partial charge in [0, 0.05) is 32.0 Å². The molecule has 3 rings (SSSR count). The summed E-state index contributed by atoms with van der Waals surface area (Å²) in [6, 6.07) is 3.32. The van der Waals surface area contributed by atoms with Gasteiger partial charge in [-0.05, 0) is 26.8 Å². The zero-order chi connectivity index (χ0) is 22.5. The topological polar surface area (TPSA) is 100 Å². The van der Waals surface area contributed by atoms with Crippen molar-refractivity contribution < 1.29 is 23.0 Å². The fourth-order valence-electron chi connectivity index (χ4n) is 3.12. The number of benzene rings is 1. The first-order valence-electron chi connectivity index (χ1n) is 9.88. The van der Waals surface area contributed by atoms with Crippen LogP contribution < -0.4 is 10.1 Å². The Hall–Kier alpha value is -3.48. The van der Waals surface area contributed by atoms with Crippen LogP contribution in [0.5, 0.6) is 5.88 Å². The third-order valence-electron chi connectivity index (χ3n) is 4.78. The summed E-state index contributed by atoms with van der Waals surface area (Å²) >= 11 is 0. The number of piperidine rings is 1. The van der Waals surface area contributed by atoms with Gasteiger partial charge in [0.1, 0.15) is 36.0 Å². The summed E-state index contributed by atoms with van der Waals surface area (Å²) in [6.07, 6.45) is 1.80. The molecule has 1 aromatic carbocycles. The van der Waals surface area contributed by atoms with Gasteiger partial charge < -0.3 is 19.7 Å². The minimum Gasteiger partial charge on any atom is -0.474 e. The van der Waals surface area contributed by atoms with E-state index in [2.05, 4.69) is 15.3 Å². The Kier molecular flexibility index (Phi) is 6.84. The van der Waals surface area contributed by atoms with Crippen molar-refractivity contribution in [3.05, 3.63) is 41.2 Å². The van der Waals surface area contributed by atoms with Crippen molar-refractivity contribution in [1.29, 1.82) is 5.26 Å². The summed E-state index contributed by atoms with van der Waals surface area (Å²) < 4.78 is 39.2. The van der Waals surface area contributed by atoms with Gasteiger partial charge in [-0.2, -0.15) is 5.26 Å². The van der Waals surface area contributed by atoms with Crippen molar-refractivity contribution >= 4 is 17.6 Å². The molecule has 1 amide bonds. The molecule has 31 heavy (non-hydrogen) atoms. The summed E-state index contributed by atoms with van der Waals surface area (Å²) in [5.74, 6) is -1.04. The molecule has 0 atom stereocenters. The number of amides is 1. The highest BCUT2D eigenvalue weighted by Gasteiger charge is 2.26. The Morgan fingerprint density at radius 1 is 1.26 bits per heavy atom. The molecule has 10 heteroatoms. The zero-order valence-electron chi connectivity index (χ0n) is 17.5. The number of nitrogens with one attached hydrogen (secondary N) is 1. The lowest BCUT2D eigenvalue weighted by Gasteiger charge is -2.32. The Morgan fingerprint density at radius 3 is 2.61 bits per heavy atom. The molecule has 0 unspecified atom stereocenters. The van der Waals surface area contributed by atoms with E-state index in [-0.39, 0.29) is 35.4 Å². The number of carbonyl (C=O) groups is 1. The fraction of sp³-hybridized carbons (Fsp3) is 0.429. The first kappa shape index (κ1) is 22.2. The Bertz CT molecular complexity index is 1000. The van der Waals surface area contributed by atoms with Crippen LogP contribution in [0.15, 0.2) is 18.5 Å². The van der Waals surface area contributed by atoms with E-state index in [0.717, 1.165) is 12.1 Å². The number of hydrogen-bond acceptors (Lipinski definition) is 7. The van der Waals surface area contributed by atoms with Crippen LogP contribution in [0.25, 0.3) is 0 Å². The Morgan fingerprint density at radius 2 is 1.97 bits per heavy atom. The average molecular weight is 431 g/mol. The Labute approximate surface area is 178 Å². The van der Waals surface area contributed by atoms with Crippen molar-refractivity contribution in [2.45, 2.75) is 45.8 Å². The highest BCUT2D eigenvalue weighted by Crippen LogP contribution is 2.28. The second-order valence-corrected chi connectivity index (χ2v) is 7.44. The number of halogens is 2. The number of carbonyl (C=O) groups excluding carboxylic acids is 1. The largest absolute Gasteiger partial charge is 0.474 e. The van der Waals surface area contributed by atoms with Crippen LogP contribution in [0.4, 0.5) is 25.1 Å². The van der Waals surface area contributed by atoms with Crippen LogP contribution in [-0.2, 0) is 4.74 Å². The van der Waals surface area contributed by atoms with Crippen molar-refractivity contribution in [3.63, 3.8) is 0 Å². The third-order valence-corrected chi connectivity index (χ3v) is 4.78. The van der Waals surface area contributed by atoms with E-state index >= 15 is 0 Å². The van der Waals surface area contributed by atoms with Crippen molar-refractivity contribution in [3.8, 4) is 11.9 Å². The molecule has 8 nitrogen and oxygen atoms in total. The number of aromatic nitrogens is 2. The van der Waals surface area contributed by atoms with Gasteiger partial charge in [-0.25, -0.2) is 23.5 Å². The van der Waals surface area contributed by atoms with Gasteiger partial charge in [0.15, 0.2) is 0 Å². The van der Waals surface area contributed by atoms with E-state index in [1.54, 1.807) is 31.7 Å². The highest BCUT2D eigenvalue weighted by molar-refractivity contribution is 5.68. The molecule has 0 radical (unpaired) electrons. The highest BCUT2D eigenvalue weighted by atomic mass is 19.1. The van der Waals surface area contributed by atoms with Crippen LogP contribution in [0.3, 0.4) is 0 Å². The molecule has 0 spiro atoms. The second kappa shape index (κ2) is 9.55. The van der Waals surface area contributed by atoms with E-state index in [9.17, 15) is 13.6 Å². The van der Waals surface area contributed by atoms with E-state index in [0.29, 0.717) is 37.4 Å². The van der Waals surface area contributed by atoms with E-state index in [4.69, 9.17) is 14.7 Å². The van der Waals surface area contributed by atoms with Gasteiger partial charge in [0.05, 0.1) is 22.9 Å². The van der Waals surface area contributed by atoms with Crippen LogP contribution in [0.1, 0.15) is 37.8 Å². The first-order chi connectivity index (χ1) is 14.8. The van der Waals surface area contributed by atoms with Crippen LogP contribution in [0.2, 0.25) is 0 Å². The SMILES string of the molecule is Cc1c(Nc2cc(F)c(C#N)cc2F)ncnc1OC1CCN(C(=O)OC(C)C)CC1. The molecule has 1 fully saturated rings. The number of hydrogen-bond donors (Lipinski definition) is 1. The molecular formula is C21H23F2N5O3. The van der Waals surface area contributed by atoms with Gasteiger partial charge >= 0.3 is 6.09 Å². The smallest absolute Gasteiger partial charge is 0.410 e. The molecule has 1 saturated heterocycles. The predicted molar refractivity (Wildman–Crippen MR) is 108 cm³/mol. The number of nitriles is 1. The predicted octanol–water partition coefficient (Wildman–Crippen LogP) is 4.07. The van der Waals surface area contributed by atoms with Crippen molar-refractivity contribution in [1.82, 2.24) is 14.9 Å². The number of likely N-dealkylation sites (tertiary alicyclic amines) is 1. The molecule has 1 aliphatic rings. The van der Waals surface area contributed by atoms with E-state index in [1.165, 1.54) is 6.33 Å². The van der Waals surface area contributed by atoms with Crippen LogP contribution in [-0.4, -0.2) is 46.3 Å². The molecule has 0 bridgehead atoms. The molecule has 1 N–H and O–H groups in total. The van der Waals surface area contributed by atoms with Crippen molar-refractivity contribution in [2.75, 3.05) is 18.4 Å². The minimum atomic E-state index is -0.836. The summed E-state index contributed by atoms with van der Waals surface area (Å²) in [5, 5.41) is 11.5. The standard InChI is InChI=1S/C21H23F2N5O3/c1-12(2)30-21(29)28-6-4-15(5-7-28)31-20-13(3)19(25-11-26-20)27-18-9-16(22)14(10-24)8-17(18)23/h8-9,11-12,15H,4-7H2,1-3H3,(H,25,26,27). The lowest BCUT2D eigenvalue weighted by atomic mass is 10.1. The lowest BCUT2D eigenvalue weighted by Crippen LogP contribution is -2.42. The van der Waals surface area contributed by atoms with E-state index in [1.807, 2.05) is 0 Å². The molecular weight excluding hydrogens is 408 g/mol. The number of anilines is 2. The summed E-state index contributed by atoms with van der Waals surface area (Å²) in [5.41, 5.74) is -0.00959. The molecule has 0 saturated carbocycles. The number of nitrogens with zero attached hydrogens (tertiary/aromatic N) is 4. The van der Waals surface area contributed by atoms with Crippen LogP contribution in [0, 0.1) is 29.9 Å². The maximum absolute atomic E-state index is 14.2. The molecule has 1 aliphatic heterocycles. The van der Waals surface area contributed by atoms with Crippen molar-refractivity contribution in [2.24, 2.45) is 0 Å². The third kappa shape index (κ3) is 5.36. The monoisotopic (exact) mass is 431 g/mol. The normalized spacial score (nSPS) is 14.3. The second-order valence-electron chi connectivity index (χ2n) is 7.44. The quantitative estimate of drug-likeness (QED) is 0.762. The number of rotatable bonds is 5. The molecule has 2 aromatic rings. The maximum Gasteiger partial charge on any atom is 0.410 e. The van der Waals surface area contributed by atoms with Gasteiger partial charge in [-0.1, -0.05) is 0 Å². The zero-order valence-corrected chi connectivity index (χ0v) is 17.5. The minimum absolute atomic E-state index is 0.152. The average Bonchev–Trinajstić information content (AvgIpc) is 2.73. The summed E-state index contributed by atoms with van der Waals surface area (Å²) in [7, 11) is 0. The van der Waals surface area contributed by atoms with Gasteiger partial charge in [0.25, 0.3) is 0 Å².